The van der Waals surface area contributed by atoms with Gasteiger partial charge in [0.1, 0.15) is 0 Å². The van der Waals surface area contributed by atoms with E-state index in [4.69, 9.17) is 23.1 Å². The molecule has 0 spiro atoms. The van der Waals surface area contributed by atoms with E-state index >= 15 is 0 Å². The Morgan fingerprint density at radius 3 is 1.25 bits per heavy atom. The lowest BCUT2D eigenvalue weighted by Crippen LogP contribution is -4.23. The summed E-state index contributed by atoms with van der Waals surface area (Å²) < 4.78 is 48.4. The molecule has 0 aromatic heterocycles. The highest BCUT2D eigenvalue weighted by molar-refractivity contribution is 2.15. The van der Waals surface area contributed by atoms with Crippen LogP contribution in [-0.4, -0.2) is 8.09 Å². The van der Waals surface area contributed by atoms with E-state index in [9.17, 15) is 0 Å². The molecule has 0 aromatic carbocycles. The van der Waals surface area contributed by atoms with Gasteiger partial charge in [0.15, 0.2) is 0 Å². The van der Waals surface area contributed by atoms with Crippen LogP contribution in [-0.2, 0) is 0 Å². The number of hydrogen-bond donors (Lipinski definition) is 2. The Kier molecular flexibility index (Phi) is 8.54. The van der Waals surface area contributed by atoms with Crippen LogP contribution in [0.1, 0.15) is 0 Å². The molecule has 6 nitrogen and oxygen atoms in total. The molecular weight excluding hydrogens is 258 g/mol. The molecule has 0 fully saturated rings. The Morgan fingerprint density at radius 2 is 1.25 bits per heavy atom. The van der Waals surface area contributed by atoms with Crippen molar-refractivity contribution in [2.45, 2.75) is 0 Å². The van der Waals surface area contributed by atoms with Crippen molar-refractivity contribution in [3.05, 3.63) is 0 Å². The van der Waals surface area contributed by atoms with Crippen molar-refractivity contribution in [1.82, 2.24) is 0 Å². The van der Waals surface area contributed by atoms with Crippen molar-refractivity contribution in [2.24, 2.45) is 0 Å². The van der Waals surface area contributed by atoms with Gasteiger partial charge in [0.05, 0.1) is 0 Å². The molecule has 8 heavy (non-hydrogen) atoms. The number of hydrogen-bond acceptors (Lipinski definition) is 6. The van der Waals surface area contributed by atoms with E-state index in [-0.39, 0.29) is 11.3 Å². The molecule has 52 valence electrons. The van der Waals surface area contributed by atoms with Gasteiger partial charge in [0.2, 0.25) is 0 Å². The van der Waals surface area contributed by atoms with Crippen LogP contribution < -0.4 is 35.1 Å². The van der Waals surface area contributed by atoms with Gasteiger partial charge in [0, 0.05) is 3.44 Å². The van der Waals surface area contributed by atoms with Crippen LogP contribution in [0.3, 0.4) is 0 Å². The van der Waals surface area contributed by atoms with E-state index in [1.807, 2.05) is 0 Å². The lowest BCUT2D eigenvalue weighted by atomic mass is 15.9. The zero-order chi connectivity index (χ0) is 7.21. The van der Waals surface area contributed by atoms with Crippen LogP contribution in [0.2, 0.25) is 0 Å². The zero-order valence-corrected chi connectivity index (χ0v) is 6.20. The van der Waals surface area contributed by atoms with Crippen molar-refractivity contribution in [1.29, 1.82) is 0 Å². The van der Waals surface area contributed by atoms with Crippen molar-refractivity contribution >= 4 is 0 Å². The molecule has 2 N–H and O–H groups in total. The third kappa shape index (κ3) is 372. The van der Waals surface area contributed by atoms with Gasteiger partial charge in [-0.3, -0.25) is 10.3 Å². The van der Waals surface area contributed by atoms with Crippen LogP contribution in [0.15, 0.2) is 0 Å². The van der Waals surface area contributed by atoms with Crippen molar-refractivity contribution in [3.63, 3.8) is 0 Å². The lowest BCUT2D eigenvalue weighted by Gasteiger charge is -1.93. The normalized spacial score (nSPS) is 9.75. The van der Waals surface area contributed by atoms with Crippen LogP contribution in [0, 0.1) is 11.3 Å². The molecule has 0 amide bonds. The molecule has 0 rings (SSSR count). The summed E-state index contributed by atoms with van der Waals surface area (Å²) in [7, 11) is 0. The van der Waals surface area contributed by atoms with E-state index in [1.165, 1.54) is 0 Å². The van der Waals surface area contributed by atoms with Gasteiger partial charge >= 0.3 is 31.4 Å². The van der Waals surface area contributed by atoms with E-state index in [2.05, 4.69) is 0 Å². The first-order valence-corrected chi connectivity index (χ1v) is 5.21. The molecule has 0 bridgehead atoms. The molecular formula is H2ClIO6. The molecule has 0 unspecified atom stereocenters. The van der Waals surface area contributed by atoms with Crippen molar-refractivity contribution in [2.75, 3.05) is 0 Å². The average molecular weight is 260 g/mol. The average Bonchev–Trinajstić information content (AvgIpc) is 1.27. The molecule has 0 atom stereocenters. The highest BCUT2D eigenvalue weighted by Gasteiger charge is 2.11. The third-order valence-electron chi connectivity index (χ3n) is 0. The maximum Gasteiger partial charge on any atom is 0.368 e. The first-order valence-electron chi connectivity index (χ1n) is 0.955. The summed E-state index contributed by atoms with van der Waals surface area (Å²) in [6, 6.07) is 0. The SMILES string of the molecule is [O-][Cl+]O.[O-][I+3]([O-])([O-])O. The van der Waals surface area contributed by atoms with Gasteiger partial charge in [-0.2, -0.15) is 0 Å². The monoisotopic (exact) mass is 260 g/mol. The Balaban J connectivity index is 0. The van der Waals surface area contributed by atoms with Crippen LogP contribution in [0.25, 0.3) is 0 Å². The predicted octanol–water partition coefficient (Wildman–Crippen LogP) is -8.87. The van der Waals surface area contributed by atoms with E-state index < -0.39 is 20.1 Å². The fourth-order valence-electron chi connectivity index (χ4n) is 0. The second kappa shape index (κ2) is 5.91. The minimum atomic E-state index is -5.69. The largest absolute Gasteiger partial charge is 0.506 e. The first-order chi connectivity index (χ1) is 3.41. The van der Waals surface area contributed by atoms with Gasteiger partial charge < -0.3 is 4.66 Å². The van der Waals surface area contributed by atoms with E-state index in [1.54, 1.807) is 0 Å². The summed E-state index contributed by atoms with van der Waals surface area (Å²) in [5.41, 5.74) is 0. The Hall–Kier alpha value is 0.780. The Morgan fingerprint density at radius 1 is 1.25 bits per heavy atom. The van der Waals surface area contributed by atoms with Crippen LogP contribution >= 0.6 is 0 Å². The molecule has 0 saturated carbocycles. The van der Waals surface area contributed by atoms with Crippen LogP contribution in [0.4, 0.5) is 0 Å². The number of halogens is 2. The van der Waals surface area contributed by atoms with Gasteiger partial charge in [-0.15, -0.1) is 4.66 Å². The fraction of sp³-hybridized carbons (Fsp3) is 0. The molecule has 0 heterocycles. The van der Waals surface area contributed by atoms with Crippen LogP contribution in [0.5, 0.6) is 0 Å². The quantitative estimate of drug-likeness (QED) is 0.416. The Labute approximate surface area is 54.8 Å². The number of rotatable bonds is 0. The highest BCUT2D eigenvalue weighted by atomic mass is 127. The van der Waals surface area contributed by atoms with Gasteiger partial charge in [-0.25, -0.2) is 0 Å². The summed E-state index contributed by atoms with van der Waals surface area (Å²) in [5, 5.41) is 0. The standard InChI is InChI=1S/ClHO2.HIO4/c2-1-3;2-1(3,4)5/h2H;2H. The summed E-state index contributed by atoms with van der Waals surface area (Å²) in [6.45, 7) is 0. The Bertz CT molecular complexity index is 32.3. The van der Waals surface area contributed by atoms with Crippen molar-refractivity contribution < 1.29 is 54.5 Å². The zero-order valence-electron chi connectivity index (χ0n) is 3.28. The summed E-state index contributed by atoms with van der Waals surface area (Å²) in [6.07, 6.45) is 0. The van der Waals surface area contributed by atoms with E-state index in [0.29, 0.717) is 0 Å². The lowest BCUT2D eigenvalue weighted by molar-refractivity contribution is -1.92. The second-order valence-corrected chi connectivity index (χ2v) is 2.86. The molecule has 0 aliphatic heterocycles. The molecule has 0 aliphatic carbocycles. The van der Waals surface area contributed by atoms with Crippen molar-refractivity contribution in [3.8, 4) is 0 Å². The van der Waals surface area contributed by atoms with Gasteiger partial charge in [-0.1, -0.05) is 0 Å². The molecule has 0 aliphatic rings. The molecule has 8 heteroatoms. The second-order valence-electron chi connectivity index (χ2n) is 0.465. The fourth-order valence-corrected chi connectivity index (χ4v) is 0. The maximum absolute atomic E-state index is 8.73. The molecule has 0 radical (unpaired) electrons. The predicted molar refractivity (Wildman–Crippen MR) is 4.44 cm³/mol. The first kappa shape index (κ1) is 11.6. The minimum absolute atomic E-state index is 0.167. The van der Waals surface area contributed by atoms with Gasteiger partial charge in [-0.05, 0) is 0 Å². The summed E-state index contributed by atoms with van der Waals surface area (Å²) in [5.74, 6) is 0. The maximum atomic E-state index is 8.73. The summed E-state index contributed by atoms with van der Waals surface area (Å²) in [4.78, 5) is 0. The molecule has 0 saturated heterocycles. The van der Waals surface area contributed by atoms with E-state index in [0.717, 1.165) is 0 Å². The smallest absolute Gasteiger partial charge is 0.368 e. The van der Waals surface area contributed by atoms with Gasteiger partial charge in [0.25, 0.3) is 0 Å². The topological polar surface area (TPSA) is 133 Å². The molecule has 0 aromatic rings. The highest BCUT2D eigenvalue weighted by Crippen LogP contribution is 1.13. The minimum Gasteiger partial charge on any atom is -0.506 e. The third-order valence-corrected chi connectivity index (χ3v) is 0. The summed E-state index contributed by atoms with van der Waals surface area (Å²) >= 11 is -5.86.